The molecule has 0 amide bonds. The van der Waals surface area contributed by atoms with Gasteiger partial charge in [-0.15, -0.1) is 11.3 Å². The summed E-state index contributed by atoms with van der Waals surface area (Å²) in [6, 6.07) is 2.78. The third kappa shape index (κ3) is 2.70. The average molecular weight is 305 g/mol. The normalized spacial score (nSPS) is 18.9. The molecule has 2 aromatic rings. The zero-order valence-corrected chi connectivity index (χ0v) is 13.8. The van der Waals surface area contributed by atoms with E-state index < -0.39 is 0 Å². The number of likely N-dealkylation sites (N-methyl/N-ethyl adjacent to an activating group) is 1. The highest BCUT2D eigenvalue weighted by molar-refractivity contribution is 7.16. The molecular formula is C15H23N5S. The molecule has 1 aliphatic heterocycles. The summed E-state index contributed by atoms with van der Waals surface area (Å²) in [6.07, 6.45) is 1.21. The number of rotatable bonds is 5. The number of nitrogens with zero attached hydrogens (tertiary/aromatic N) is 4. The fourth-order valence-corrected chi connectivity index (χ4v) is 3.92. The van der Waals surface area contributed by atoms with Crippen molar-refractivity contribution in [3.8, 4) is 0 Å². The summed E-state index contributed by atoms with van der Waals surface area (Å²) >= 11 is 1.68. The molecule has 0 saturated carbocycles. The van der Waals surface area contributed by atoms with Gasteiger partial charge < -0.3 is 10.2 Å². The molecule has 3 heterocycles. The highest BCUT2D eigenvalue weighted by atomic mass is 32.1. The summed E-state index contributed by atoms with van der Waals surface area (Å²) in [7, 11) is 1.88. The minimum atomic E-state index is 0.640. The third-order valence-corrected chi connectivity index (χ3v) is 5.13. The van der Waals surface area contributed by atoms with Crippen LogP contribution < -0.4 is 10.2 Å². The van der Waals surface area contributed by atoms with E-state index in [4.69, 9.17) is 4.98 Å². The van der Waals surface area contributed by atoms with Crippen molar-refractivity contribution in [1.29, 1.82) is 0 Å². The van der Waals surface area contributed by atoms with Crippen molar-refractivity contribution in [1.82, 2.24) is 14.9 Å². The van der Waals surface area contributed by atoms with Gasteiger partial charge in [-0.3, -0.25) is 4.90 Å². The van der Waals surface area contributed by atoms with Gasteiger partial charge >= 0.3 is 0 Å². The Morgan fingerprint density at radius 2 is 2.19 bits per heavy atom. The van der Waals surface area contributed by atoms with Gasteiger partial charge in [0.05, 0.1) is 5.39 Å². The van der Waals surface area contributed by atoms with Crippen molar-refractivity contribution in [2.75, 3.05) is 43.4 Å². The van der Waals surface area contributed by atoms with Crippen LogP contribution >= 0.6 is 11.3 Å². The lowest BCUT2D eigenvalue weighted by molar-refractivity contribution is 0.232. The Kier molecular flexibility index (Phi) is 4.26. The lowest BCUT2D eigenvalue weighted by atomic mass is 10.2. The Morgan fingerprint density at radius 1 is 1.38 bits per heavy atom. The van der Waals surface area contributed by atoms with Gasteiger partial charge in [0.1, 0.15) is 10.6 Å². The van der Waals surface area contributed by atoms with Gasteiger partial charge in [0.25, 0.3) is 0 Å². The molecule has 0 aromatic carbocycles. The van der Waals surface area contributed by atoms with Crippen LogP contribution in [0.3, 0.4) is 0 Å². The van der Waals surface area contributed by atoms with Crippen LogP contribution in [0.4, 0.5) is 11.8 Å². The Bertz CT molecular complexity index is 607. The third-order valence-electron chi connectivity index (χ3n) is 4.32. The van der Waals surface area contributed by atoms with Crippen LogP contribution in [-0.4, -0.2) is 54.1 Å². The van der Waals surface area contributed by atoms with Gasteiger partial charge in [-0.1, -0.05) is 13.8 Å². The van der Waals surface area contributed by atoms with Gasteiger partial charge in [0, 0.05) is 26.2 Å². The van der Waals surface area contributed by atoms with Crippen LogP contribution in [0, 0.1) is 0 Å². The highest BCUT2D eigenvalue weighted by Crippen LogP contribution is 2.31. The van der Waals surface area contributed by atoms with Crippen LogP contribution in [0.1, 0.15) is 20.3 Å². The second-order valence-electron chi connectivity index (χ2n) is 5.37. The van der Waals surface area contributed by atoms with E-state index in [1.54, 1.807) is 11.3 Å². The summed E-state index contributed by atoms with van der Waals surface area (Å²) in [5, 5.41) is 6.35. The summed E-state index contributed by atoms with van der Waals surface area (Å²) in [5.74, 6) is 1.80. The number of aromatic nitrogens is 2. The van der Waals surface area contributed by atoms with E-state index >= 15 is 0 Å². The Hall–Kier alpha value is -1.40. The molecule has 1 N–H and O–H groups in total. The molecule has 21 heavy (non-hydrogen) atoms. The van der Waals surface area contributed by atoms with Gasteiger partial charge in [-0.05, 0) is 31.0 Å². The summed E-state index contributed by atoms with van der Waals surface area (Å²) in [4.78, 5) is 15.3. The highest BCUT2D eigenvalue weighted by Gasteiger charge is 2.28. The van der Waals surface area contributed by atoms with Crippen molar-refractivity contribution in [2.24, 2.45) is 0 Å². The number of hydrogen-bond donors (Lipinski definition) is 1. The molecule has 0 radical (unpaired) electrons. The SMILES string of the molecule is CCN(CC)C1CCN(c2nc(NC)nc3sccc23)C1. The molecule has 1 fully saturated rings. The maximum Gasteiger partial charge on any atom is 0.225 e. The lowest BCUT2D eigenvalue weighted by Gasteiger charge is -2.26. The Labute approximate surface area is 130 Å². The predicted octanol–water partition coefficient (Wildman–Crippen LogP) is 2.65. The molecule has 0 bridgehead atoms. The van der Waals surface area contributed by atoms with E-state index in [1.165, 1.54) is 11.8 Å². The average Bonchev–Trinajstić information content (AvgIpc) is 3.16. The number of fused-ring (bicyclic) bond motifs is 1. The summed E-state index contributed by atoms with van der Waals surface area (Å²) in [6.45, 7) is 8.86. The van der Waals surface area contributed by atoms with E-state index in [2.05, 4.69) is 45.4 Å². The minimum absolute atomic E-state index is 0.640. The van der Waals surface area contributed by atoms with Crippen LogP contribution in [0.5, 0.6) is 0 Å². The summed E-state index contributed by atoms with van der Waals surface area (Å²) in [5.41, 5.74) is 0. The topological polar surface area (TPSA) is 44.3 Å². The van der Waals surface area contributed by atoms with E-state index in [-0.39, 0.29) is 0 Å². The second-order valence-corrected chi connectivity index (χ2v) is 6.26. The first-order valence-corrected chi connectivity index (χ1v) is 8.56. The van der Waals surface area contributed by atoms with Gasteiger partial charge in [-0.25, -0.2) is 4.98 Å². The molecule has 1 aliphatic rings. The first-order valence-electron chi connectivity index (χ1n) is 7.68. The number of anilines is 2. The molecule has 1 saturated heterocycles. The Morgan fingerprint density at radius 3 is 2.90 bits per heavy atom. The van der Waals surface area contributed by atoms with Gasteiger partial charge in [0.2, 0.25) is 5.95 Å². The smallest absolute Gasteiger partial charge is 0.225 e. The Balaban J connectivity index is 1.89. The molecule has 5 nitrogen and oxygen atoms in total. The molecule has 0 spiro atoms. The predicted molar refractivity (Wildman–Crippen MR) is 90.5 cm³/mol. The van der Waals surface area contributed by atoms with Crippen molar-refractivity contribution < 1.29 is 0 Å². The lowest BCUT2D eigenvalue weighted by Crippen LogP contribution is -2.37. The maximum absolute atomic E-state index is 4.71. The van der Waals surface area contributed by atoms with Gasteiger partial charge in [-0.2, -0.15) is 4.98 Å². The number of hydrogen-bond acceptors (Lipinski definition) is 6. The standard InChI is InChI=1S/C15H23N5S/c1-4-19(5-2)11-6-8-20(10-11)13-12-7-9-21-14(12)18-15(16-3)17-13/h7,9,11H,4-6,8,10H2,1-3H3,(H,16,17,18). The van der Waals surface area contributed by atoms with E-state index in [0.29, 0.717) is 12.0 Å². The first-order chi connectivity index (χ1) is 10.3. The van der Waals surface area contributed by atoms with Crippen molar-refractivity contribution in [2.45, 2.75) is 26.3 Å². The molecule has 1 atom stereocenters. The monoisotopic (exact) mass is 305 g/mol. The van der Waals surface area contributed by atoms with Crippen LogP contribution in [0.2, 0.25) is 0 Å². The fourth-order valence-electron chi connectivity index (χ4n) is 3.16. The number of nitrogens with one attached hydrogen (secondary N) is 1. The van der Waals surface area contributed by atoms with Crippen LogP contribution in [0.25, 0.3) is 10.2 Å². The van der Waals surface area contributed by atoms with Crippen molar-refractivity contribution in [3.63, 3.8) is 0 Å². The van der Waals surface area contributed by atoms with Gasteiger partial charge in [0.15, 0.2) is 0 Å². The van der Waals surface area contributed by atoms with Crippen LogP contribution in [-0.2, 0) is 0 Å². The quantitative estimate of drug-likeness (QED) is 0.920. The second kappa shape index (κ2) is 6.15. The van der Waals surface area contributed by atoms with Crippen LogP contribution in [0.15, 0.2) is 11.4 Å². The summed E-state index contributed by atoms with van der Waals surface area (Å²) < 4.78 is 0. The molecule has 3 rings (SSSR count). The maximum atomic E-state index is 4.71. The molecule has 2 aromatic heterocycles. The first kappa shape index (κ1) is 14.5. The zero-order valence-electron chi connectivity index (χ0n) is 13.0. The molecule has 0 aliphatic carbocycles. The molecule has 1 unspecified atom stereocenters. The molecular weight excluding hydrogens is 282 g/mol. The zero-order chi connectivity index (χ0) is 14.8. The minimum Gasteiger partial charge on any atom is -0.357 e. The van der Waals surface area contributed by atoms with E-state index in [1.807, 2.05) is 7.05 Å². The van der Waals surface area contributed by atoms with Crippen molar-refractivity contribution in [3.05, 3.63) is 11.4 Å². The largest absolute Gasteiger partial charge is 0.357 e. The van der Waals surface area contributed by atoms with E-state index in [0.717, 1.165) is 36.8 Å². The van der Waals surface area contributed by atoms with Crippen molar-refractivity contribution >= 4 is 33.3 Å². The molecule has 6 heteroatoms. The van der Waals surface area contributed by atoms with E-state index in [9.17, 15) is 0 Å². The molecule has 114 valence electrons. The number of thiophene rings is 1. The fraction of sp³-hybridized carbons (Fsp3) is 0.600.